The normalized spacial score (nSPS) is 34.3. The van der Waals surface area contributed by atoms with Crippen LogP contribution >= 0.6 is 0 Å². The molecule has 2 aliphatic rings. The number of nitrogens with zero attached hydrogens (tertiary/aromatic N) is 1. The molecule has 2 unspecified atom stereocenters. The number of aliphatic carboxylic acids is 1. The number of carboxylic acids is 1. The summed E-state index contributed by atoms with van der Waals surface area (Å²) >= 11 is 0. The highest BCUT2D eigenvalue weighted by molar-refractivity contribution is 5.86. The van der Waals surface area contributed by atoms with E-state index in [0.717, 1.165) is 19.4 Å². The van der Waals surface area contributed by atoms with Crippen molar-refractivity contribution in [2.75, 3.05) is 13.1 Å². The molecule has 0 aliphatic carbocycles. The molecule has 5 heteroatoms. The van der Waals surface area contributed by atoms with E-state index in [1.807, 2.05) is 6.92 Å². The Morgan fingerprint density at radius 3 is 2.69 bits per heavy atom. The third kappa shape index (κ3) is 1.91. The zero-order valence-electron chi connectivity index (χ0n) is 9.48. The van der Waals surface area contributed by atoms with Gasteiger partial charge in [0.15, 0.2) is 0 Å². The van der Waals surface area contributed by atoms with E-state index in [1.54, 1.807) is 4.90 Å². The first-order valence-electron chi connectivity index (χ1n) is 5.88. The van der Waals surface area contributed by atoms with E-state index in [4.69, 9.17) is 5.11 Å². The summed E-state index contributed by atoms with van der Waals surface area (Å²) in [5, 5.41) is 12.3. The number of carboxylic acid groups (broad SMARTS) is 1. The standard InChI is InChI=1S/C11H18N2O3/c1-7-8(4-5-12-7)10(14)13-6-2-3-9(13)11(15)16/h7-9,12H,2-6H2,1H3,(H,15,16)/t7?,8?,9-/m1/s1. The minimum Gasteiger partial charge on any atom is -0.480 e. The number of hydrogen-bond donors (Lipinski definition) is 2. The second-order valence-corrected chi connectivity index (χ2v) is 4.67. The van der Waals surface area contributed by atoms with Crippen molar-refractivity contribution in [2.24, 2.45) is 5.92 Å². The van der Waals surface area contributed by atoms with Crippen LogP contribution in [0.15, 0.2) is 0 Å². The SMILES string of the molecule is CC1NCCC1C(=O)N1CCC[C@@H]1C(=O)O. The molecule has 5 nitrogen and oxygen atoms in total. The summed E-state index contributed by atoms with van der Waals surface area (Å²) in [4.78, 5) is 24.8. The predicted octanol–water partition coefficient (Wildman–Crippen LogP) is 0.0600. The fourth-order valence-electron chi connectivity index (χ4n) is 2.70. The van der Waals surface area contributed by atoms with Crippen LogP contribution in [0.1, 0.15) is 26.2 Å². The van der Waals surface area contributed by atoms with Gasteiger partial charge in [0, 0.05) is 12.6 Å². The fraction of sp³-hybridized carbons (Fsp3) is 0.818. The zero-order chi connectivity index (χ0) is 11.7. The second kappa shape index (κ2) is 4.41. The van der Waals surface area contributed by atoms with Gasteiger partial charge in [0.2, 0.25) is 5.91 Å². The van der Waals surface area contributed by atoms with Gasteiger partial charge in [-0.15, -0.1) is 0 Å². The number of carbonyl (C=O) groups is 2. The first kappa shape index (κ1) is 11.4. The Bertz CT molecular complexity index is 306. The van der Waals surface area contributed by atoms with Crippen molar-refractivity contribution in [3.63, 3.8) is 0 Å². The molecule has 2 saturated heterocycles. The molecular formula is C11H18N2O3. The first-order chi connectivity index (χ1) is 7.61. The van der Waals surface area contributed by atoms with Crippen molar-refractivity contribution in [2.45, 2.75) is 38.3 Å². The summed E-state index contributed by atoms with van der Waals surface area (Å²) < 4.78 is 0. The Balaban J connectivity index is 2.06. The Morgan fingerprint density at radius 2 is 2.12 bits per heavy atom. The van der Waals surface area contributed by atoms with Gasteiger partial charge in [-0.05, 0) is 32.7 Å². The monoisotopic (exact) mass is 226 g/mol. The number of likely N-dealkylation sites (tertiary alicyclic amines) is 1. The molecule has 0 aromatic rings. The number of amides is 1. The molecule has 16 heavy (non-hydrogen) atoms. The van der Waals surface area contributed by atoms with Gasteiger partial charge < -0.3 is 15.3 Å². The van der Waals surface area contributed by atoms with Crippen molar-refractivity contribution < 1.29 is 14.7 Å². The molecule has 0 radical (unpaired) electrons. The van der Waals surface area contributed by atoms with E-state index in [9.17, 15) is 9.59 Å². The van der Waals surface area contributed by atoms with Gasteiger partial charge in [0.25, 0.3) is 0 Å². The summed E-state index contributed by atoms with van der Waals surface area (Å²) in [5.74, 6) is -0.896. The van der Waals surface area contributed by atoms with E-state index in [-0.39, 0.29) is 17.9 Å². The van der Waals surface area contributed by atoms with Gasteiger partial charge in [-0.2, -0.15) is 0 Å². The van der Waals surface area contributed by atoms with Crippen LogP contribution in [0.3, 0.4) is 0 Å². The highest BCUT2D eigenvalue weighted by Gasteiger charge is 2.39. The number of hydrogen-bond acceptors (Lipinski definition) is 3. The topological polar surface area (TPSA) is 69.6 Å². The van der Waals surface area contributed by atoms with Gasteiger partial charge in [-0.1, -0.05) is 0 Å². The molecule has 0 saturated carbocycles. The van der Waals surface area contributed by atoms with E-state index >= 15 is 0 Å². The maximum absolute atomic E-state index is 12.2. The number of nitrogens with one attached hydrogen (secondary N) is 1. The average molecular weight is 226 g/mol. The van der Waals surface area contributed by atoms with Crippen LogP contribution in [0.4, 0.5) is 0 Å². The fourth-order valence-corrected chi connectivity index (χ4v) is 2.70. The maximum Gasteiger partial charge on any atom is 0.326 e. The van der Waals surface area contributed by atoms with Gasteiger partial charge in [0.05, 0.1) is 5.92 Å². The Labute approximate surface area is 94.8 Å². The molecule has 2 aliphatic heterocycles. The minimum atomic E-state index is -0.871. The maximum atomic E-state index is 12.2. The van der Waals surface area contributed by atoms with E-state index < -0.39 is 12.0 Å². The smallest absolute Gasteiger partial charge is 0.326 e. The van der Waals surface area contributed by atoms with Crippen molar-refractivity contribution >= 4 is 11.9 Å². The van der Waals surface area contributed by atoms with E-state index in [2.05, 4.69) is 5.32 Å². The molecule has 1 amide bonds. The lowest BCUT2D eigenvalue weighted by molar-refractivity contribution is -0.150. The highest BCUT2D eigenvalue weighted by atomic mass is 16.4. The lowest BCUT2D eigenvalue weighted by Crippen LogP contribution is -2.45. The molecule has 3 atom stereocenters. The third-order valence-corrected chi connectivity index (χ3v) is 3.66. The van der Waals surface area contributed by atoms with Crippen molar-refractivity contribution in [3.05, 3.63) is 0 Å². The van der Waals surface area contributed by atoms with Crippen LogP contribution in [-0.4, -0.2) is 47.1 Å². The predicted molar refractivity (Wildman–Crippen MR) is 57.9 cm³/mol. The van der Waals surface area contributed by atoms with Gasteiger partial charge in [0.1, 0.15) is 6.04 Å². The quantitative estimate of drug-likeness (QED) is 0.698. The largest absolute Gasteiger partial charge is 0.480 e. The van der Waals surface area contributed by atoms with Crippen LogP contribution in [0.2, 0.25) is 0 Å². The van der Waals surface area contributed by atoms with Crippen molar-refractivity contribution in [1.29, 1.82) is 0 Å². The van der Waals surface area contributed by atoms with Gasteiger partial charge in [-0.3, -0.25) is 4.79 Å². The third-order valence-electron chi connectivity index (χ3n) is 3.66. The lowest BCUT2D eigenvalue weighted by atomic mass is 10.00. The lowest BCUT2D eigenvalue weighted by Gasteiger charge is -2.26. The Kier molecular flexibility index (Phi) is 3.14. The zero-order valence-corrected chi connectivity index (χ0v) is 9.48. The highest BCUT2D eigenvalue weighted by Crippen LogP contribution is 2.24. The van der Waals surface area contributed by atoms with Crippen LogP contribution in [0.25, 0.3) is 0 Å². The second-order valence-electron chi connectivity index (χ2n) is 4.67. The summed E-state index contributed by atoms with van der Waals surface area (Å²) in [6, 6.07) is -0.428. The van der Waals surface area contributed by atoms with Crippen molar-refractivity contribution in [3.8, 4) is 0 Å². The minimum absolute atomic E-state index is 0.0161. The molecule has 0 aromatic carbocycles. The summed E-state index contributed by atoms with van der Waals surface area (Å²) in [6.45, 7) is 3.43. The van der Waals surface area contributed by atoms with E-state index in [1.165, 1.54) is 0 Å². The van der Waals surface area contributed by atoms with Gasteiger partial charge in [-0.25, -0.2) is 4.79 Å². The summed E-state index contributed by atoms with van der Waals surface area (Å²) in [5.41, 5.74) is 0. The van der Waals surface area contributed by atoms with Gasteiger partial charge >= 0.3 is 5.97 Å². The molecule has 90 valence electrons. The molecule has 2 rings (SSSR count). The molecule has 2 N–H and O–H groups in total. The van der Waals surface area contributed by atoms with Crippen LogP contribution < -0.4 is 5.32 Å². The van der Waals surface area contributed by atoms with E-state index in [0.29, 0.717) is 13.0 Å². The number of rotatable bonds is 2. The molecule has 0 aromatic heterocycles. The average Bonchev–Trinajstić information content (AvgIpc) is 2.84. The molecule has 0 spiro atoms. The Hall–Kier alpha value is -1.10. The van der Waals surface area contributed by atoms with Crippen LogP contribution in [0, 0.1) is 5.92 Å². The first-order valence-corrected chi connectivity index (χ1v) is 5.88. The molecule has 2 heterocycles. The van der Waals surface area contributed by atoms with Crippen LogP contribution in [0.5, 0.6) is 0 Å². The number of carbonyl (C=O) groups excluding carboxylic acids is 1. The molecule has 0 bridgehead atoms. The molecular weight excluding hydrogens is 208 g/mol. The summed E-state index contributed by atoms with van der Waals surface area (Å²) in [7, 11) is 0. The van der Waals surface area contributed by atoms with Crippen molar-refractivity contribution in [1.82, 2.24) is 10.2 Å². The molecule has 2 fully saturated rings. The summed E-state index contributed by atoms with van der Waals surface area (Å²) in [6.07, 6.45) is 2.22. The van der Waals surface area contributed by atoms with Crippen LogP contribution in [-0.2, 0) is 9.59 Å². The Morgan fingerprint density at radius 1 is 1.38 bits per heavy atom.